The maximum Gasteiger partial charge on any atom is 0.191 e. The average Bonchev–Trinajstić information content (AvgIpc) is 2.74. The second-order valence-electron chi connectivity index (χ2n) is 8.88. The van der Waals surface area contributed by atoms with E-state index < -0.39 is 0 Å². The Bertz CT molecular complexity index is 462. The molecule has 0 atom stereocenters. The van der Waals surface area contributed by atoms with E-state index in [1.165, 1.54) is 64.6 Å². The largest absolute Gasteiger partial charge is 0.381 e. The van der Waals surface area contributed by atoms with Gasteiger partial charge in [0, 0.05) is 57.2 Å². The predicted octanol–water partition coefficient (Wildman–Crippen LogP) is 3.50. The molecule has 0 amide bonds. The monoisotopic (exact) mass is 410 g/mol. The van der Waals surface area contributed by atoms with E-state index in [1.54, 1.807) is 0 Å². The highest BCUT2D eigenvalue weighted by Crippen LogP contribution is 2.34. The van der Waals surface area contributed by atoms with E-state index in [2.05, 4.69) is 39.2 Å². The number of guanidine groups is 1. The molecule has 0 aromatic rings. The smallest absolute Gasteiger partial charge is 0.191 e. The van der Waals surface area contributed by atoms with Crippen molar-refractivity contribution in [2.45, 2.75) is 75.5 Å². The number of ether oxygens (including phenoxy) is 1. The van der Waals surface area contributed by atoms with Gasteiger partial charge < -0.3 is 20.3 Å². The van der Waals surface area contributed by atoms with E-state index >= 15 is 0 Å². The Morgan fingerprint density at radius 1 is 1.11 bits per heavy atom. The summed E-state index contributed by atoms with van der Waals surface area (Å²) in [7, 11) is 1.90. The first-order valence-electron chi connectivity index (χ1n) is 11.6. The Morgan fingerprint density at radius 3 is 2.46 bits per heavy atom. The van der Waals surface area contributed by atoms with E-state index in [1.807, 2.05) is 7.05 Å². The molecule has 3 aliphatic rings. The van der Waals surface area contributed by atoms with Crippen molar-refractivity contribution < 1.29 is 4.74 Å². The lowest BCUT2D eigenvalue weighted by Gasteiger charge is -2.38. The van der Waals surface area contributed by atoms with E-state index in [-0.39, 0.29) is 0 Å². The van der Waals surface area contributed by atoms with Crippen LogP contribution in [0.25, 0.3) is 0 Å². The molecule has 3 fully saturated rings. The lowest BCUT2D eigenvalue weighted by atomic mass is 9.88. The molecule has 28 heavy (non-hydrogen) atoms. The van der Waals surface area contributed by atoms with Gasteiger partial charge in [-0.2, -0.15) is 11.8 Å². The Kier molecular flexibility index (Phi) is 9.25. The van der Waals surface area contributed by atoms with Crippen LogP contribution in [0.1, 0.15) is 64.7 Å². The molecule has 3 rings (SSSR count). The highest BCUT2D eigenvalue weighted by Gasteiger charge is 2.33. The molecule has 5 nitrogen and oxygen atoms in total. The quantitative estimate of drug-likeness (QED) is 0.497. The van der Waals surface area contributed by atoms with Gasteiger partial charge in [-0.1, -0.05) is 26.2 Å². The Morgan fingerprint density at radius 2 is 1.82 bits per heavy atom. The summed E-state index contributed by atoms with van der Waals surface area (Å²) in [4.78, 5) is 7.22. The van der Waals surface area contributed by atoms with Gasteiger partial charge in [0.15, 0.2) is 5.96 Å². The van der Waals surface area contributed by atoms with Crippen molar-refractivity contribution >= 4 is 17.7 Å². The van der Waals surface area contributed by atoms with Gasteiger partial charge in [-0.05, 0) is 50.2 Å². The first-order chi connectivity index (χ1) is 13.7. The van der Waals surface area contributed by atoms with Crippen molar-refractivity contribution in [3.8, 4) is 0 Å². The maximum atomic E-state index is 5.60. The summed E-state index contributed by atoms with van der Waals surface area (Å²) in [6.45, 7) is 8.82. The van der Waals surface area contributed by atoms with Gasteiger partial charge in [0.05, 0.1) is 0 Å². The van der Waals surface area contributed by atoms with Gasteiger partial charge in [0.25, 0.3) is 0 Å². The highest BCUT2D eigenvalue weighted by molar-refractivity contribution is 8.00. The van der Waals surface area contributed by atoms with Crippen LogP contribution in [0.5, 0.6) is 0 Å². The topological polar surface area (TPSA) is 48.9 Å². The van der Waals surface area contributed by atoms with E-state index in [4.69, 9.17) is 4.74 Å². The number of rotatable bonds is 7. The first kappa shape index (κ1) is 22.2. The zero-order valence-electron chi connectivity index (χ0n) is 18.2. The number of hydrogen-bond donors (Lipinski definition) is 2. The molecule has 2 N–H and O–H groups in total. The van der Waals surface area contributed by atoms with Crippen molar-refractivity contribution in [1.29, 1.82) is 0 Å². The minimum Gasteiger partial charge on any atom is -0.381 e. The van der Waals surface area contributed by atoms with Crippen LogP contribution in [0, 0.1) is 5.92 Å². The molecule has 2 heterocycles. The van der Waals surface area contributed by atoms with Crippen molar-refractivity contribution in [1.82, 2.24) is 15.5 Å². The van der Waals surface area contributed by atoms with Crippen LogP contribution in [0.4, 0.5) is 0 Å². The number of piperidine rings is 1. The molecule has 0 aromatic heterocycles. The van der Waals surface area contributed by atoms with Gasteiger partial charge >= 0.3 is 0 Å². The molecule has 162 valence electrons. The maximum absolute atomic E-state index is 5.60. The number of nitrogens with one attached hydrogen (secondary N) is 2. The van der Waals surface area contributed by atoms with Gasteiger partial charge in [-0.25, -0.2) is 0 Å². The standard InChI is InChI=1S/C22H42N4OS/c1-3-28-22(11-15-27-16-12-22)18-24-21(23-2)25-20-9-13-26(14-10-20)17-19-7-5-4-6-8-19/h19-20H,3-18H2,1-2H3,(H2,23,24,25). The fourth-order valence-electron chi connectivity index (χ4n) is 5.05. The zero-order valence-corrected chi connectivity index (χ0v) is 19.0. The lowest BCUT2D eigenvalue weighted by molar-refractivity contribution is 0.0781. The van der Waals surface area contributed by atoms with Crippen LogP contribution in [-0.2, 0) is 4.74 Å². The van der Waals surface area contributed by atoms with Gasteiger partial charge in [-0.3, -0.25) is 4.99 Å². The van der Waals surface area contributed by atoms with Crippen molar-refractivity contribution in [3.05, 3.63) is 0 Å². The molecule has 2 aliphatic heterocycles. The second kappa shape index (κ2) is 11.7. The second-order valence-corrected chi connectivity index (χ2v) is 10.6. The summed E-state index contributed by atoms with van der Waals surface area (Å²) >= 11 is 2.08. The molecule has 0 spiro atoms. The molecular formula is C22H42N4OS. The SMILES string of the molecule is CCSC1(CNC(=NC)NC2CCN(CC3CCCCC3)CC2)CCOCC1. The molecule has 1 saturated carbocycles. The number of nitrogens with zero attached hydrogens (tertiary/aromatic N) is 2. The number of hydrogen-bond acceptors (Lipinski definition) is 4. The normalized spacial score (nSPS) is 25.6. The van der Waals surface area contributed by atoms with Crippen LogP contribution in [-0.4, -0.2) is 73.8 Å². The van der Waals surface area contributed by atoms with E-state index in [0.717, 1.165) is 50.2 Å². The third-order valence-corrected chi connectivity index (χ3v) is 8.28. The highest BCUT2D eigenvalue weighted by atomic mass is 32.2. The molecular weight excluding hydrogens is 368 g/mol. The molecule has 0 radical (unpaired) electrons. The van der Waals surface area contributed by atoms with E-state index in [0.29, 0.717) is 10.8 Å². The van der Waals surface area contributed by atoms with Crippen LogP contribution in [0.15, 0.2) is 4.99 Å². The number of thioether (sulfide) groups is 1. The molecule has 0 unspecified atom stereocenters. The third kappa shape index (κ3) is 6.81. The van der Waals surface area contributed by atoms with Gasteiger partial charge in [0.1, 0.15) is 0 Å². The summed E-state index contributed by atoms with van der Waals surface area (Å²) in [5.74, 6) is 3.10. The van der Waals surface area contributed by atoms with Crippen LogP contribution in [0.2, 0.25) is 0 Å². The Balaban J connectivity index is 1.39. The third-order valence-electron chi connectivity index (χ3n) is 6.83. The van der Waals surface area contributed by atoms with Crippen molar-refractivity contribution in [3.63, 3.8) is 0 Å². The zero-order chi connectivity index (χ0) is 19.7. The molecule has 2 saturated heterocycles. The lowest BCUT2D eigenvalue weighted by Crippen LogP contribution is -2.52. The van der Waals surface area contributed by atoms with E-state index in [9.17, 15) is 0 Å². The van der Waals surface area contributed by atoms with Crippen LogP contribution < -0.4 is 10.6 Å². The minimum atomic E-state index is 0.300. The van der Waals surface area contributed by atoms with Gasteiger partial charge in [-0.15, -0.1) is 0 Å². The molecule has 0 bridgehead atoms. The first-order valence-corrected chi connectivity index (χ1v) is 12.6. The summed E-state index contributed by atoms with van der Waals surface area (Å²) in [5.41, 5.74) is 0. The molecule has 0 aromatic carbocycles. The van der Waals surface area contributed by atoms with Crippen LogP contribution >= 0.6 is 11.8 Å². The Labute approximate surface area is 176 Å². The molecule has 6 heteroatoms. The van der Waals surface area contributed by atoms with Crippen molar-refractivity contribution in [2.75, 3.05) is 52.2 Å². The summed E-state index contributed by atoms with van der Waals surface area (Å²) in [6.07, 6.45) is 12.0. The number of aliphatic imine (C=N–C) groups is 1. The molecule has 1 aliphatic carbocycles. The number of likely N-dealkylation sites (tertiary alicyclic amines) is 1. The summed E-state index contributed by atoms with van der Waals surface area (Å²) in [6, 6.07) is 0.554. The predicted molar refractivity (Wildman–Crippen MR) is 121 cm³/mol. The van der Waals surface area contributed by atoms with Crippen LogP contribution in [0.3, 0.4) is 0 Å². The fourth-order valence-corrected chi connectivity index (χ4v) is 6.29. The fraction of sp³-hybridized carbons (Fsp3) is 0.955. The van der Waals surface area contributed by atoms with Gasteiger partial charge in [0.2, 0.25) is 0 Å². The Hall–Kier alpha value is -0.460. The minimum absolute atomic E-state index is 0.300. The average molecular weight is 411 g/mol. The van der Waals surface area contributed by atoms with Crippen molar-refractivity contribution in [2.24, 2.45) is 10.9 Å². The summed E-state index contributed by atoms with van der Waals surface area (Å²) < 4.78 is 5.90. The summed E-state index contributed by atoms with van der Waals surface area (Å²) in [5, 5.41) is 7.34.